The maximum atomic E-state index is 12.9. The molecule has 0 saturated carbocycles. The number of hydrogen-bond donors (Lipinski definition) is 2. The first-order valence-corrected chi connectivity index (χ1v) is 11.9. The highest BCUT2D eigenvalue weighted by Crippen LogP contribution is 2.32. The van der Waals surface area contributed by atoms with E-state index in [9.17, 15) is 19.7 Å². The molecule has 2 N–H and O–H groups in total. The number of nitrogens with zero attached hydrogens (tertiary/aromatic N) is 3. The number of nitrogens with one attached hydrogen (secondary N) is 2. The summed E-state index contributed by atoms with van der Waals surface area (Å²) in [6, 6.07) is 12.9. The number of furan rings is 1. The highest BCUT2D eigenvalue weighted by Gasteiger charge is 2.23. The number of carbonyl (C=O) groups is 2. The number of hydrogen-bond acceptors (Lipinski definition) is 8. The van der Waals surface area contributed by atoms with Crippen LogP contribution in [0.15, 0.2) is 59.2 Å². The van der Waals surface area contributed by atoms with E-state index in [1.165, 1.54) is 23.7 Å². The molecule has 1 aliphatic heterocycles. The molecule has 0 atom stereocenters. The molecule has 178 valence electrons. The fraction of sp³-hybridized carbons (Fsp3) is 0.208. The van der Waals surface area contributed by atoms with Gasteiger partial charge >= 0.3 is 0 Å². The Balaban J connectivity index is 1.33. The van der Waals surface area contributed by atoms with E-state index in [4.69, 9.17) is 4.42 Å². The van der Waals surface area contributed by atoms with E-state index in [1.807, 2.05) is 4.90 Å². The van der Waals surface area contributed by atoms with Gasteiger partial charge < -0.3 is 14.6 Å². The maximum Gasteiger partial charge on any atom is 0.293 e. The molecule has 5 rings (SSSR count). The molecule has 4 aromatic rings. The molecule has 11 heteroatoms. The number of fused-ring (bicyclic) bond motifs is 1. The number of nitro benzene ring substituents is 1. The lowest BCUT2D eigenvalue weighted by molar-refractivity contribution is -0.384. The topological polar surface area (TPSA) is 131 Å². The van der Waals surface area contributed by atoms with Crippen LogP contribution in [0.3, 0.4) is 0 Å². The first-order valence-electron chi connectivity index (χ1n) is 11.1. The minimum Gasteiger partial charge on any atom is -0.459 e. The number of piperidine rings is 1. The van der Waals surface area contributed by atoms with Crippen molar-refractivity contribution in [2.45, 2.75) is 19.3 Å². The average molecular weight is 492 g/mol. The molecule has 1 fully saturated rings. The molecule has 0 bridgehead atoms. The Kier molecular flexibility index (Phi) is 6.15. The van der Waals surface area contributed by atoms with Crippen LogP contribution in [0.25, 0.3) is 10.2 Å². The van der Waals surface area contributed by atoms with Gasteiger partial charge in [-0.2, -0.15) is 0 Å². The van der Waals surface area contributed by atoms with E-state index >= 15 is 0 Å². The van der Waals surface area contributed by atoms with Crippen molar-refractivity contribution in [1.82, 2.24) is 4.98 Å². The third-order valence-electron chi connectivity index (χ3n) is 5.74. The summed E-state index contributed by atoms with van der Waals surface area (Å²) in [7, 11) is 0. The zero-order valence-corrected chi connectivity index (χ0v) is 19.3. The molecule has 2 aromatic carbocycles. The van der Waals surface area contributed by atoms with Crippen LogP contribution in [-0.4, -0.2) is 34.8 Å². The summed E-state index contributed by atoms with van der Waals surface area (Å²) in [5.74, 6) is -0.678. The molecule has 1 aliphatic rings. The summed E-state index contributed by atoms with van der Waals surface area (Å²) < 4.78 is 5.84. The number of carbonyl (C=O) groups excluding carboxylic acids is 2. The summed E-state index contributed by atoms with van der Waals surface area (Å²) in [5.41, 5.74) is 1.84. The molecule has 35 heavy (non-hydrogen) atoms. The predicted octanol–water partition coefficient (Wildman–Crippen LogP) is 5.29. The smallest absolute Gasteiger partial charge is 0.293 e. The number of nitro groups is 1. The van der Waals surface area contributed by atoms with Gasteiger partial charge in [0.2, 0.25) is 0 Å². The van der Waals surface area contributed by atoms with Gasteiger partial charge in [0.25, 0.3) is 17.5 Å². The van der Waals surface area contributed by atoms with Gasteiger partial charge in [-0.3, -0.25) is 25.0 Å². The average Bonchev–Trinajstić information content (AvgIpc) is 3.54. The van der Waals surface area contributed by atoms with E-state index in [0.717, 1.165) is 37.1 Å². The normalized spacial score (nSPS) is 13.5. The third-order valence-corrected chi connectivity index (χ3v) is 6.68. The van der Waals surface area contributed by atoms with E-state index in [-0.39, 0.29) is 17.0 Å². The number of rotatable bonds is 6. The Labute approximate surface area is 203 Å². The standard InChI is InChI=1S/C24H21N5O5S/c30-22(15-6-9-18(19(13-15)29(32)33)28-10-2-1-3-11-28)25-16-7-8-17-21(14-16)35-24(26-17)27-23(31)20-5-4-12-34-20/h4-9,12-14H,1-3,10-11H2,(H,25,30)(H,26,27,31). The summed E-state index contributed by atoms with van der Waals surface area (Å²) in [5, 5.41) is 17.6. The van der Waals surface area contributed by atoms with Crippen molar-refractivity contribution in [3.63, 3.8) is 0 Å². The van der Waals surface area contributed by atoms with E-state index in [2.05, 4.69) is 15.6 Å². The van der Waals surface area contributed by atoms with Crippen molar-refractivity contribution >= 4 is 55.6 Å². The second-order valence-corrected chi connectivity index (χ2v) is 9.13. The van der Waals surface area contributed by atoms with Crippen LogP contribution in [-0.2, 0) is 0 Å². The van der Waals surface area contributed by atoms with Crippen LogP contribution < -0.4 is 15.5 Å². The summed E-state index contributed by atoms with van der Waals surface area (Å²) in [4.78, 5) is 42.7. The van der Waals surface area contributed by atoms with Crippen LogP contribution in [0.2, 0.25) is 0 Å². The Morgan fingerprint density at radius 3 is 2.60 bits per heavy atom. The lowest BCUT2D eigenvalue weighted by Gasteiger charge is -2.28. The molecule has 0 spiro atoms. The number of amides is 2. The Morgan fingerprint density at radius 1 is 1.03 bits per heavy atom. The molecule has 2 aromatic heterocycles. The van der Waals surface area contributed by atoms with Crippen LogP contribution >= 0.6 is 11.3 Å². The van der Waals surface area contributed by atoms with Crippen molar-refractivity contribution in [2.24, 2.45) is 0 Å². The summed E-state index contributed by atoms with van der Waals surface area (Å²) >= 11 is 1.25. The van der Waals surface area contributed by atoms with Gasteiger partial charge in [0.15, 0.2) is 10.9 Å². The molecule has 10 nitrogen and oxygen atoms in total. The Hall–Kier alpha value is -4.25. The van der Waals surface area contributed by atoms with Crippen LogP contribution in [0, 0.1) is 10.1 Å². The fourth-order valence-electron chi connectivity index (χ4n) is 4.04. The van der Waals surface area contributed by atoms with Gasteiger partial charge in [0.05, 0.1) is 21.4 Å². The first kappa shape index (κ1) is 22.5. The van der Waals surface area contributed by atoms with Crippen molar-refractivity contribution in [2.75, 3.05) is 28.6 Å². The van der Waals surface area contributed by atoms with Crippen molar-refractivity contribution in [3.8, 4) is 0 Å². The predicted molar refractivity (Wildman–Crippen MR) is 133 cm³/mol. The van der Waals surface area contributed by atoms with Crippen LogP contribution in [0.4, 0.5) is 22.2 Å². The number of benzene rings is 2. The van der Waals surface area contributed by atoms with Crippen LogP contribution in [0.5, 0.6) is 0 Å². The quantitative estimate of drug-likeness (QED) is 0.277. The molecular weight excluding hydrogens is 470 g/mol. The van der Waals surface area contributed by atoms with Gasteiger partial charge in [-0.15, -0.1) is 0 Å². The Bertz CT molecular complexity index is 1410. The molecule has 3 heterocycles. The molecule has 1 saturated heterocycles. The highest BCUT2D eigenvalue weighted by molar-refractivity contribution is 7.22. The van der Waals surface area contributed by atoms with Crippen LogP contribution in [0.1, 0.15) is 40.2 Å². The highest BCUT2D eigenvalue weighted by atomic mass is 32.1. The van der Waals surface area contributed by atoms with E-state index in [0.29, 0.717) is 22.0 Å². The second-order valence-electron chi connectivity index (χ2n) is 8.10. The van der Waals surface area contributed by atoms with Gasteiger partial charge in [-0.05, 0) is 61.7 Å². The zero-order chi connectivity index (χ0) is 24.4. The summed E-state index contributed by atoms with van der Waals surface area (Å²) in [6.07, 6.45) is 4.52. The van der Waals surface area contributed by atoms with Crippen molar-refractivity contribution in [1.29, 1.82) is 0 Å². The van der Waals surface area contributed by atoms with Gasteiger partial charge in [0.1, 0.15) is 5.69 Å². The largest absolute Gasteiger partial charge is 0.459 e. The summed E-state index contributed by atoms with van der Waals surface area (Å²) in [6.45, 7) is 1.54. The van der Waals surface area contributed by atoms with Gasteiger partial charge in [-0.25, -0.2) is 4.98 Å². The monoisotopic (exact) mass is 491 g/mol. The van der Waals surface area contributed by atoms with E-state index < -0.39 is 16.7 Å². The molecule has 0 aliphatic carbocycles. The minimum absolute atomic E-state index is 0.0746. The SMILES string of the molecule is O=C(Nc1ccc2nc(NC(=O)c3ccco3)sc2c1)c1ccc(N2CCCCC2)c([N+](=O)[O-])c1. The number of anilines is 3. The maximum absolute atomic E-state index is 12.9. The van der Waals surface area contributed by atoms with Gasteiger partial charge in [-0.1, -0.05) is 11.3 Å². The van der Waals surface area contributed by atoms with Crippen molar-refractivity contribution in [3.05, 3.63) is 76.2 Å². The first-order chi connectivity index (χ1) is 17.0. The zero-order valence-electron chi connectivity index (χ0n) is 18.5. The fourth-order valence-corrected chi connectivity index (χ4v) is 4.94. The molecule has 0 radical (unpaired) electrons. The Morgan fingerprint density at radius 2 is 1.86 bits per heavy atom. The lowest BCUT2D eigenvalue weighted by Crippen LogP contribution is -2.30. The van der Waals surface area contributed by atoms with Gasteiger partial charge in [0, 0.05) is 30.4 Å². The molecule has 0 unspecified atom stereocenters. The van der Waals surface area contributed by atoms with Crippen molar-refractivity contribution < 1.29 is 18.9 Å². The molecular formula is C24H21N5O5S. The second kappa shape index (κ2) is 9.55. The number of aromatic nitrogens is 1. The third kappa shape index (κ3) is 4.85. The molecule has 2 amide bonds. The minimum atomic E-state index is -0.450. The number of thiazole rings is 1. The lowest BCUT2D eigenvalue weighted by atomic mass is 10.1. The van der Waals surface area contributed by atoms with E-state index in [1.54, 1.807) is 42.5 Å².